The summed E-state index contributed by atoms with van der Waals surface area (Å²) in [5.41, 5.74) is 1.71. The van der Waals surface area contributed by atoms with Gasteiger partial charge in [-0.3, -0.25) is 28.8 Å². The standard InChI is InChI=1S/C42H36ClFN4O6S/c1-20-27-17-22(43)9-14-32(27)55-37(20)31-19-33(46(3)45-31)48-39(52)29-18-28-24(35(42(29,2)41(48)54)26-5-4-6-30(44)36(26)50)12-13-25-34(28)40(53)47(38(25)51)16-15-21-7-10-23(49)11-8-21/h4-12,14,17,19,25,28-29,34-35,49-50H,13,15-16,18H2,1-3H3/t25-,28+,29-,34-,35+,42+/m0/s1. The Kier molecular flexibility index (Phi) is 8.11. The molecule has 0 unspecified atom stereocenters. The van der Waals surface area contributed by atoms with Crippen molar-refractivity contribution in [3.8, 4) is 22.1 Å². The zero-order valence-corrected chi connectivity index (χ0v) is 31.7. The fraction of sp³-hybridized carbons (Fsp3) is 0.310. The van der Waals surface area contributed by atoms with E-state index >= 15 is 9.18 Å². The molecule has 2 aliphatic carbocycles. The average molecular weight is 779 g/mol. The zero-order chi connectivity index (χ0) is 38.7. The molecule has 4 aliphatic rings. The quantitative estimate of drug-likeness (QED) is 0.137. The molecule has 3 fully saturated rings. The third kappa shape index (κ3) is 5.14. The number of aromatic nitrogens is 2. The van der Waals surface area contributed by atoms with Crippen molar-refractivity contribution in [3.63, 3.8) is 0 Å². The second-order valence-corrected chi connectivity index (χ2v) is 16.8. The van der Waals surface area contributed by atoms with Crippen molar-refractivity contribution < 1.29 is 33.8 Å². The Morgan fingerprint density at radius 1 is 0.982 bits per heavy atom. The highest BCUT2D eigenvalue weighted by atomic mass is 35.5. The number of nitrogens with zero attached hydrogens (tertiary/aromatic N) is 4. The lowest BCUT2D eigenvalue weighted by atomic mass is 9.51. The molecule has 6 atom stereocenters. The molecule has 55 heavy (non-hydrogen) atoms. The topological polar surface area (TPSA) is 133 Å². The van der Waals surface area contributed by atoms with Gasteiger partial charge in [0.2, 0.25) is 23.6 Å². The SMILES string of the molecule is Cc1c(-c2cc(N3C(=O)[C@@H]4C[C@@H]5C(=CC[C@@H]6C(=O)N(CCc7ccc(O)cc7)C(=O)[C@@H]65)[C@H](c5cccc(F)c5O)[C@]4(C)C3=O)n(C)n2)sc2ccc(Cl)cc12. The number of hydrogen-bond donors (Lipinski definition) is 2. The summed E-state index contributed by atoms with van der Waals surface area (Å²) in [4.78, 5) is 61.3. The molecule has 0 spiro atoms. The van der Waals surface area contributed by atoms with Gasteiger partial charge >= 0.3 is 0 Å². The van der Waals surface area contributed by atoms with Gasteiger partial charge in [-0.15, -0.1) is 11.3 Å². The lowest BCUT2D eigenvalue weighted by Gasteiger charge is -2.49. The van der Waals surface area contributed by atoms with Gasteiger partial charge in [0.1, 0.15) is 17.3 Å². The molecule has 280 valence electrons. The number of halogens is 2. The number of rotatable bonds is 6. The number of fused-ring (bicyclic) bond motifs is 5. The maximum atomic E-state index is 15.1. The Bertz CT molecular complexity index is 2530. The summed E-state index contributed by atoms with van der Waals surface area (Å²) >= 11 is 7.83. The second kappa shape index (κ2) is 12.6. The Balaban J connectivity index is 1.11. The molecule has 0 radical (unpaired) electrons. The minimum absolute atomic E-state index is 0.114. The van der Waals surface area contributed by atoms with Gasteiger partial charge in [0, 0.05) is 40.9 Å². The van der Waals surface area contributed by atoms with E-state index in [1.165, 1.54) is 27.0 Å². The molecule has 0 bridgehead atoms. The smallest absolute Gasteiger partial charge is 0.242 e. The Labute approximate surface area is 324 Å². The molecule has 2 aliphatic heterocycles. The number of anilines is 1. The van der Waals surface area contributed by atoms with E-state index in [0.717, 1.165) is 37.1 Å². The highest BCUT2D eigenvalue weighted by Crippen LogP contribution is 2.64. The molecular formula is C42H36ClFN4O6S. The van der Waals surface area contributed by atoms with E-state index in [0.29, 0.717) is 22.7 Å². The maximum Gasteiger partial charge on any atom is 0.242 e. The minimum Gasteiger partial charge on any atom is -0.508 e. The van der Waals surface area contributed by atoms with Crippen molar-refractivity contribution in [1.82, 2.24) is 14.7 Å². The summed E-state index contributed by atoms with van der Waals surface area (Å²) < 4.78 is 17.7. The minimum atomic E-state index is -1.48. The molecule has 4 amide bonds. The summed E-state index contributed by atoms with van der Waals surface area (Å²) in [5.74, 6) is -6.75. The van der Waals surface area contributed by atoms with Gasteiger partial charge in [-0.05, 0) is 91.9 Å². The highest BCUT2D eigenvalue weighted by Gasteiger charge is 2.68. The van der Waals surface area contributed by atoms with Gasteiger partial charge in [-0.2, -0.15) is 5.10 Å². The maximum absolute atomic E-state index is 15.1. The Morgan fingerprint density at radius 2 is 1.75 bits per heavy atom. The number of carbonyl (C=O) groups is 4. The van der Waals surface area contributed by atoms with Crippen LogP contribution in [0.5, 0.6) is 11.5 Å². The van der Waals surface area contributed by atoms with Gasteiger partial charge in [0.25, 0.3) is 0 Å². The van der Waals surface area contributed by atoms with Gasteiger partial charge < -0.3 is 10.2 Å². The van der Waals surface area contributed by atoms with Crippen molar-refractivity contribution in [1.29, 1.82) is 0 Å². The van der Waals surface area contributed by atoms with E-state index < -0.39 is 58.4 Å². The predicted octanol–water partition coefficient (Wildman–Crippen LogP) is 7.29. The first-order valence-corrected chi connectivity index (χ1v) is 19.4. The summed E-state index contributed by atoms with van der Waals surface area (Å²) in [7, 11) is 1.67. The lowest BCUT2D eigenvalue weighted by Crippen LogP contribution is -2.49. The Morgan fingerprint density at radius 3 is 2.51 bits per heavy atom. The van der Waals surface area contributed by atoms with Crippen LogP contribution < -0.4 is 4.90 Å². The van der Waals surface area contributed by atoms with Gasteiger partial charge in [0.15, 0.2) is 11.6 Å². The summed E-state index contributed by atoms with van der Waals surface area (Å²) in [5, 5.41) is 27.3. The predicted molar refractivity (Wildman–Crippen MR) is 205 cm³/mol. The number of likely N-dealkylation sites (tertiary alicyclic amines) is 1. The monoisotopic (exact) mass is 778 g/mol. The molecule has 13 heteroatoms. The lowest BCUT2D eigenvalue weighted by molar-refractivity contribution is -0.140. The number of thiophene rings is 1. The molecule has 2 aromatic heterocycles. The van der Waals surface area contributed by atoms with E-state index in [1.807, 2.05) is 31.2 Å². The van der Waals surface area contributed by atoms with Crippen LogP contribution in [0.25, 0.3) is 20.7 Å². The summed E-state index contributed by atoms with van der Waals surface area (Å²) in [6, 6.07) is 18.1. The van der Waals surface area contributed by atoms with Crippen molar-refractivity contribution in [2.75, 3.05) is 11.4 Å². The van der Waals surface area contributed by atoms with Gasteiger partial charge in [-0.1, -0.05) is 47.5 Å². The number of allylic oxidation sites excluding steroid dienone is 2. The van der Waals surface area contributed by atoms with Gasteiger partial charge in [-0.25, -0.2) is 9.29 Å². The third-order valence-corrected chi connectivity index (χ3v) is 14.0. The molecular weight excluding hydrogens is 743 g/mol. The number of amides is 4. The van der Waals surface area contributed by atoms with Crippen molar-refractivity contribution in [3.05, 3.63) is 106 Å². The van der Waals surface area contributed by atoms with Crippen molar-refractivity contribution >= 4 is 62.5 Å². The van der Waals surface area contributed by atoms with Crippen LogP contribution in [0.4, 0.5) is 10.2 Å². The van der Waals surface area contributed by atoms with Crippen LogP contribution in [0, 0.1) is 41.8 Å². The van der Waals surface area contributed by atoms with Gasteiger partial charge in [0.05, 0.1) is 28.0 Å². The Hall–Kier alpha value is -5.33. The summed E-state index contributed by atoms with van der Waals surface area (Å²) in [6.45, 7) is 3.81. The molecule has 1 saturated carbocycles. The van der Waals surface area contributed by atoms with Crippen molar-refractivity contribution in [2.45, 2.75) is 39.0 Å². The van der Waals surface area contributed by atoms with E-state index in [4.69, 9.17) is 16.7 Å². The number of phenolic OH excluding ortho intramolecular Hbond substituents is 2. The largest absolute Gasteiger partial charge is 0.508 e. The molecule has 10 nitrogen and oxygen atoms in total. The third-order valence-electron chi connectivity index (χ3n) is 12.5. The van der Waals surface area contributed by atoms with E-state index in [9.17, 15) is 24.6 Å². The molecule has 4 heterocycles. The molecule has 2 saturated heterocycles. The fourth-order valence-electron chi connectivity index (χ4n) is 9.75. The number of carbonyl (C=O) groups excluding carboxylic acids is 4. The molecule has 9 rings (SSSR count). The number of aryl methyl sites for hydroxylation is 2. The second-order valence-electron chi connectivity index (χ2n) is 15.3. The molecule has 3 aromatic carbocycles. The van der Waals surface area contributed by atoms with Crippen LogP contribution >= 0.6 is 22.9 Å². The number of aromatic hydroxyl groups is 2. The number of benzene rings is 3. The van der Waals surface area contributed by atoms with Crippen LogP contribution in [-0.4, -0.2) is 55.1 Å². The van der Waals surface area contributed by atoms with Crippen LogP contribution in [0.3, 0.4) is 0 Å². The first-order chi connectivity index (χ1) is 26.3. The van der Waals surface area contributed by atoms with E-state index in [1.54, 1.807) is 50.4 Å². The number of hydrogen-bond acceptors (Lipinski definition) is 8. The van der Waals surface area contributed by atoms with Crippen LogP contribution in [-0.2, 0) is 32.6 Å². The van der Waals surface area contributed by atoms with E-state index in [-0.39, 0.29) is 48.3 Å². The van der Waals surface area contributed by atoms with Crippen LogP contribution in [0.15, 0.2) is 78.4 Å². The van der Waals surface area contributed by atoms with Crippen LogP contribution in [0.2, 0.25) is 5.02 Å². The fourth-order valence-corrected chi connectivity index (χ4v) is 11.1. The average Bonchev–Trinajstić information content (AvgIpc) is 3.83. The first kappa shape index (κ1) is 35.4. The number of para-hydroxylation sites is 1. The van der Waals surface area contributed by atoms with Crippen molar-refractivity contribution in [2.24, 2.45) is 36.1 Å². The zero-order valence-electron chi connectivity index (χ0n) is 30.1. The highest BCUT2D eigenvalue weighted by molar-refractivity contribution is 7.22. The number of phenols is 2. The number of imide groups is 2. The first-order valence-electron chi connectivity index (χ1n) is 18.2. The van der Waals surface area contributed by atoms with E-state index in [2.05, 4.69) is 0 Å². The van der Waals surface area contributed by atoms with Crippen LogP contribution in [0.1, 0.15) is 42.4 Å². The molecule has 5 aromatic rings. The normalized spacial score (nSPS) is 26.1. The molecule has 2 N–H and O–H groups in total. The summed E-state index contributed by atoms with van der Waals surface area (Å²) in [6.07, 6.45) is 2.60.